The average Bonchev–Trinajstić information content (AvgIpc) is 2.50. The van der Waals surface area contributed by atoms with Gasteiger partial charge in [-0.1, -0.05) is 38.8 Å². The number of carbonyl (C=O) groups is 1. The molecule has 2 heterocycles. The molecular weight excluding hydrogens is 300 g/mol. The Labute approximate surface area is 136 Å². The van der Waals surface area contributed by atoms with Gasteiger partial charge < -0.3 is 9.88 Å². The largest absolute Gasteiger partial charge is 0.342 e. The van der Waals surface area contributed by atoms with Crippen LogP contribution in [0.5, 0.6) is 0 Å². The Morgan fingerprint density at radius 1 is 1.55 bits per heavy atom. The molecule has 1 aliphatic rings. The van der Waals surface area contributed by atoms with Gasteiger partial charge >= 0.3 is 0 Å². The van der Waals surface area contributed by atoms with Gasteiger partial charge in [-0.25, -0.2) is 0 Å². The van der Waals surface area contributed by atoms with E-state index in [1.807, 2.05) is 4.90 Å². The van der Waals surface area contributed by atoms with Crippen LogP contribution in [0.2, 0.25) is 5.02 Å². The number of nitrogens with one attached hydrogen (secondary N) is 1. The van der Waals surface area contributed by atoms with Crippen LogP contribution in [0.15, 0.2) is 17.1 Å². The number of carbonyl (C=O) groups excluding carboxylic acids is 1. The highest BCUT2D eigenvalue weighted by molar-refractivity contribution is 6.30. The Bertz CT molecular complexity index is 599. The van der Waals surface area contributed by atoms with Crippen LogP contribution < -0.4 is 5.56 Å². The predicted molar refractivity (Wildman–Crippen MR) is 89.3 cm³/mol. The van der Waals surface area contributed by atoms with Crippen molar-refractivity contribution in [2.24, 2.45) is 5.92 Å². The predicted octanol–water partition coefficient (Wildman–Crippen LogP) is 3.34. The van der Waals surface area contributed by atoms with Crippen LogP contribution in [-0.2, 0) is 10.2 Å². The molecule has 0 spiro atoms. The number of pyridine rings is 1. The molecule has 5 heteroatoms. The molecule has 0 aromatic carbocycles. The van der Waals surface area contributed by atoms with Crippen molar-refractivity contribution in [3.8, 4) is 0 Å². The van der Waals surface area contributed by atoms with Gasteiger partial charge in [0.15, 0.2) is 0 Å². The van der Waals surface area contributed by atoms with E-state index in [2.05, 4.69) is 25.8 Å². The minimum absolute atomic E-state index is 0.0792. The molecule has 4 nitrogen and oxygen atoms in total. The van der Waals surface area contributed by atoms with Gasteiger partial charge in [0.25, 0.3) is 5.56 Å². The molecule has 0 aliphatic carbocycles. The normalized spacial score (nSPS) is 25.3. The molecular formula is C17H25ClN2O2. The smallest absolute Gasteiger partial charge is 0.251 e. The molecule has 1 aliphatic heterocycles. The summed E-state index contributed by atoms with van der Waals surface area (Å²) < 4.78 is 0. The topological polar surface area (TPSA) is 53.2 Å². The van der Waals surface area contributed by atoms with Crippen molar-refractivity contribution in [3.05, 3.63) is 33.2 Å². The molecule has 1 aromatic rings. The maximum absolute atomic E-state index is 12.2. The quantitative estimate of drug-likeness (QED) is 0.923. The number of likely N-dealkylation sites (tertiary alicyclic amines) is 1. The number of amides is 1. The SMILES string of the molecule is CCCCC(=O)N1CCC(C)(c2cc(Cl)c[nH]c2=O)C(C)C1. The zero-order chi connectivity index (χ0) is 16.3. The number of rotatable bonds is 4. The van der Waals surface area contributed by atoms with Crippen LogP contribution in [0.3, 0.4) is 0 Å². The monoisotopic (exact) mass is 324 g/mol. The number of nitrogens with zero attached hydrogens (tertiary/aromatic N) is 1. The Hall–Kier alpha value is -1.29. The molecule has 1 N–H and O–H groups in total. The molecule has 0 saturated carbocycles. The van der Waals surface area contributed by atoms with Crippen molar-refractivity contribution in [2.45, 2.75) is 51.9 Å². The van der Waals surface area contributed by atoms with Gasteiger partial charge in [-0.3, -0.25) is 9.59 Å². The molecule has 1 amide bonds. The van der Waals surface area contributed by atoms with Gasteiger partial charge in [0.05, 0.1) is 5.02 Å². The molecule has 1 fully saturated rings. The number of unbranched alkanes of at least 4 members (excludes halogenated alkanes) is 1. The van der Waals surface area contributed by atoms with E-state index in [0.29, 0.717) is 24.5 Å². The fourth-order valence-corrected chi connectivity index (χ4v) is 3.39. The Balaban J connectivity index is 2.17. The van der Waals surface area contributed by atoms with E-state index in [1.165, 1.54) is 6.20 Å². The number of aromatic amines is 1. The zero-order valence-electron chi connectivity index (χ0n) is 13.6. The van der Waals surface area contributed by atoms with Crippen molar-refractivity contribution in [1.82, 2.24) is 9.88 Å². The van der Waals surface area contributed by atoms with Crippen LogP contribution in [0.1, 0.15) is 52.0 Å². The van der Waals surface area contributed by atoms with E-state index in [0.717, 1.165) is 24.8 Å². The van der Waals surface area contributed by atoms with Gasteiger partial charge in [-0.2, -0.15) is 0 Å². The first-order valence-corrected chi connectivity index (χ1v) is 8.42. The standard InChI is InChI=1S/C17H25ClN2O2/c1-4-5-6-15(21)20-8-7-17(3,12(2)11-20)14-9-13(18)10-19-16(14)22/h9-10,12H,4-8,11H2,1-3H3,(H,19,22). The van der Waals surface area contributed by atoms with Crippen LogP contribution in [0, 0.1) is 5.92 Å². The Morgan fingerprint density at radius 2 is 2.27 bits per heavy atom. The Morgan fingerprint density at radius 3 is 2.91 bits per heavy atom. The second kappa shape index (κ2) is 6.86. The molecule has 2 unspecified atom stereocenters. The van der Waals surface area contributed by atoms with E-state index in [4.69, 9.17) is 11.6 Å². The lowest BCUT2D eigenvalue weighted by molar-refractivity contribution is -0.134. The van der Waals surface area contributed by atoms with E-state index < -0.39 is 0 Å². The highest BCUT2D eigenvalue weighted by Crippen LogP contribution is 2.38. The van der Waals surface area contributed by atoms with Crippen LogP contribution >= 0.6 is 11.6 Å². The summed E-state index contributed by atoms with van der Waals surface area (Å²) >= 11 is 6.05. The van der Waals surface area contributed by atoms with Gasteiger partial charge in [-0.15, -0.1) is 0 Å². The molecule has 1 saturated heterocycles. The van der Waals surface area contributed by atoms with Crippen LogP contribution in [0.4, 0.5) is 0 Å². The lowest BCUT2D eigenvalue weighted by atomic mass is 9.68. The summed E-state index contributed by atoms with van der Waals surface area (Å²) in [6.45, 7) is 7.71. The number of halogens is 1. The number of piperidine rings is 1. The van der Waals surface area contributed by atoms with Crippen molar-refractivity contribution in [3.63, 3.8) is 0 Å². The first-order chi connectivity index (χ1) is 10.4. The maximum Gasteiger partial charge on any atom is 0.251 e. The lowest BCUT2D eigenvalue weighted by Crippen LogP contribution is -2.51. The zero-order valence-corrected chi connectivity index (χ0v) is 14.4. The molecule has 0 radical (unpaired) electrons. The second-order valence-electron chi connectivity index (χ2n) is 6.57. The number of H-pyrrole nitrogens is 1. The van der Waals surface area contributed by atoms with Gasteiger partial charge in [0.2, 0.25) is 5.91 Å². The fraction of sp³-hybridized carbons (Fsp3) is 0.647. The van der Waals surface area contributed by atoms with E-state index in [9.17, 15) is 9.59 Å². The number of aromatic nitrogens is 1. The van der Waals surface area contributed by atoms with E-state index >= 15 is 0 Å². The summed E-state index contributed by atoms with van der Waals surface area (Å²) in [7, 11) is 0. The van der Waals surface area contributed by atoms with E-state index in [1.54, 1.807) is 6.07 Å². The summed E-state index contributed by atoms with van der Waals surface area (Å²) in [5.74, 6) is 0.446. The van der Waals surface area contributed by atoms with Gasteiger partial charge in [0.1, 0.15) is 0 Å². The van der Waals surface area contributed by atoms with Gasteiger partial charge in [0, 0.05) is 36.7 Å². The van der Waals surface area contributed by atoms with Crippen molar-refractivity contribution < 1.29 is 4.79 Å². The third kappa shape index (κ3) is 3.37. The van der Waals surface area contributed by atoms with Gasteiger partial charge in [-0.05, 0) is 24.8 Å². The van der Waals surface area contributed by atoms with Crippen LogP contribution in [-0.4, -0.2) is 28.9 Å². The summed E-state index contributed by atoms with van der Waals surface area (Å²) in [5, 5.41) is 0.546. The maximum atomic E-state index is 12.2. The Kier molecular flexibility index (Phi) is 5.32. The molecule has 0 bridgehead atoms. The summed E-state index contributed by atoms with van der Waals surface area (Å²) in [4.78, 5) is 29.0. The van der Waals surface area contributed by atoms with Crippen molar-refractivity contribution in [1.29, 1.82) is 0 Å². The average molecular weight is 325 g/mol. The molecule has 2 atom stereocenters. The number of hydrogen-bond acceptors (Lipinski definition) is 2. The summed E-state index contributed by atoms with van der Waals surface area (Å²) in [6, 6.07) is 1.77. The van der Waals surface area contributed by atoms with Crippen molar-refractivity contribution >= 4 is 17.5 Å². The second-order valence-corrected chi connectivity index (χ2v) is 7.01. The first kappa shape index (κ1) is 17.1. The third-order valence-electron chi connectivity index (χ3n) is 5.06. The third-order valence-corrected chi connectivity index (χ3v) is 5.28. The van der Waals surface area contributed by atoms with Crippen molar-refractivity contribution in [2.75, 3.05) is 13.1 Å². The first-order valence-electron chi connectivity index (χ1n) is 8.05. The molecule has 1 aromatic heterocycles. The molecule has 22 heavy (non-hydrogen) atoms. The van der Waals surface area contributed by atoms with E-state index in [-0.39, 0.29) is 22.8 Å². The lowest BCUT2D eigenvalue weighted by Gasteiger charge is -2.44. The molecule has 122 valence electrons. The summed E-state index contributed by atoms with van der Waals surface area (Å²) in [5.41, 5.74) is 0.401. The highest BCUT2D eigenvalue weighted by atomic mass is 35.5. The number of hydrogen-bond donors (Lipinski definition) is 1. The minimum atomic E-state index is -0.250. The highest BCUT2D eigenvalue weighted by Gasteiger charge is 2.40. The fourth-order valence-electron chi connectivity index (χ4n) is 3.23. The minimum Gasteiger partial charge on any atom is -0.342 e. The van der Waals surface area contributed by atoms with Crippen LogP contribution in [0.25, 0.3) is 0 Å². The molecule has 2 rings (SSSR count). The summed E-state index contributed by atoms with van der Waals surface area (Å²) in [6.07, 6.45) is 4.90.